The summed E-state index contributed by atoms with van der Waals surface area (Å²) in [4.78, 5) is 0. The van der Waals surface area contributed by atoms with Crippen LogP contribution >= 0.6 is 27.5 Å². The first-order valence-corrected chi connectivity index (χ1v) is 7.15. The van der Waals surface area contributed by atoms with Gasteiger partial charge in [0.2, 0.25) is 0 Å². The number of rotatable bonds is 4. The summed E-state index contributed by atoms with van der Waals surface area (Å²) in [6, 6.07) is 11.7. The van der Waals surface area contributed by atoms with E-state index in [0.29, 0.717) is 11.6 Å². The third-order valence-corrected chi connectivity index (χ3v) is 3.65. The first-order chi connectivity index (χ1) is 9.11. The molecule has 0 atom stereocenters. The summed E-state index contributed by atoms with van der Waals surface area (Å²) in [5.41, 5.74) is 2.05. The Balaban J connectivity index is 2.37. The van der Waals surface area contributed by atoms with Gasteiger partial charge in [-0.15, -0.1) is 0 Å². The number of nitrogens with one attached hydrogen (secondary N) is 1. The molecule has 0 fully saturated rings. The highest BCUT2D eigenvalue weighted by molar-refractivity contribution is 9.10. The van der Waals surface area contributed by atoms with E-state index in [1.165, 1.54) is 0 Å². The molecule has 0 aliphatic carbocycles. The molecule has 0 aromatic heterocycles. The van der Waals surface area contributed by atoms with Crippen LogP contribution in [0.25, 0.3) is 0 Å². The lowest BCUT2D eigenvalue weighted by atomic mass is 10.2. The van der Waals surface area contributed by atoms with Crippen molar-refractivity contribution in [2.45, 2.75) is 13.5 Å². The van der Waals surface area contributed by atoms with Crippen molar-refractivity contribution in [2.24, 2.45) is 0 Å². The van der Waals surface area contributed by atoms with Gasteiger partial charge >= 0.3 is 0 Å². The predicted molar refractivity (Wildman–Crippen MR) is 83.2 cm³/mol. The molecule has 2 nitrogen and oxygen atoms in total. The van der Waals surface area contributed by atoms with Crippen molar-refractivity contribution in [1.29, 1.82) is 0 Å². The van der Waals surface area contributed by atoms with E-state index < -0.39 is 0 Å². The second-order valence-electron chi connectivity index (χ2n) is 4.26. The van der Waals surface area contributed by atoms with Gasteiger partial charge in [-0.3, -0.25) is 0 Å². The maximum Gasteiger partial charge on any atom is 0.133 e. The van der Waals surface area contributed by atoms with Crippen molar-refractivity contribution in [3.63, 3.8) is 0 Å². The van der Waals surface area contributed by atoms with E-state index in [-0.39, 0.29) is 0 Å². The molecular formula is C15H15BrClNO. The zero-order valence-corrected chi connectivity index (χ0v) is 13.2. The van der Waals surface area contributed by atoms with Crippen LogP contribution in [0.4, 0.5) is 0 Å². The number of aryl methyl sites for hydroxylation is 1. The van der Waals surface area contributed by atoms with Gasteiger partial charge < -0.3 is 10.1 Å². The normalized spacial score (nSPS) is 10.5. The minimum Gasteiger partial charge on any atom is -0.457 e. The first-order valence-electron chi connectivity index (χ1n) is 5.98. The van der Waals surface area contributed by atoms with Crippen LogP contribution in [0.5, 0.6) is 11.5 Å². The van der Waals surface area contributed by atoms with E-state index in [0.717, 1.165) is 27.1 Å². The lowest BCUT2D eigenvalue weighted by Crippen LogP contribution is -2.07. The van der Waals surface area contributed by atoms with Crippen LogP contribution < -0.4 is 10.1 Å². The number of ether oxygens (including phenoxy) is 1. The topological polar surface area (TPSA) is 21.3 Å². The fraction of sp³-hybridized carbons (Fsp3) is 0.200. The maximum atomic E-state index is 6.22. The quantitative estimate of drug-likeness (QED) is 0.852. The predicted octanol–water partition coefficient (Wildman–Crippen LogP) is 4.92. The second-order valence-corrected chi connectivity index (χ2v) is 5.58. The van der Waals surface area contributed by atoms with Gasteiger partial charge in [-0.25, -0.2) is 0 Å². The smallest absolute Gasteiger partial charge is 0.133 e. The summed E-state index contributed by atoms with van der Waals surface area (Å²) in [7, 11) is 1.89. The number of benzene rings is 2. The van der Waals surface area contributed by atoms with Crippen LogP contribution in [0, 0.1) is 6.92 Å². The molecule has 0 saturated carbocycles. The molecule has 0 unspecified atom stereocenters. The van der Waals surface area contributed by atoms with E-state index in [4.69, 9.17) is 16.3 Å². The Morgan fingerprint density at radius 2 is 2.00 bits per heavy atom. The minimum atomic E-state index is 0.669. The minimum absolute atomic E-state index is 0.669. The highest BCUT2D eigenvalue weighted by atomic mass is 79.9. The SMILES string of the molecule is CNCc1c(Cl)cccc1Oc1cc(Br)ccc1C. The van der Waals surface area contributed by atoms with E-state index in [9.17, 15) is 0 Å². The molecule has 0 bridgehead atoms. The summed E-state index contributed by atoms with van der Waals surface area (Å²) in [6.07, 6.45) is 0. The molecule has 19 heavy (non-hydrogen) atoms. The zero-order chi connectivity index (χ0) is 13.8. The average Bonchev–Trinajstić information content (AvgIpc) is 2.38. The lowest BCUT2D eigenvalue weighted by molar-refractivity contribution is 0.470. The van der Waals surface area contributed by atoms with Crippen LogP contribution in [0.15, 0.2) is 40.9 Å². The Kier molecular flexibility index (Phi) is 4.86. The van der Waals surface area contributed by atoms with Crippen LogP contribution in [0.3, 0.4) is 0 Å². The third kappa shape index (κ3) is 3.50. The molecule has 0 amide bonds. The highest BCUT2D eigenvalue weighted by Crippen LogP contribution is 2.33. The van der Waals surface area contributed by atoms with Crippen LogP contribution in [-0.2, 0) is 6.54 Å². The van der Waals surface area contributed by atoms with Gasteiger partial charge in [-0.2, -0.15) is 0 Å². The third-order valence-electron chi connectivity index (χ3n) is 2.80. The van der Waals surface area contributed by atoms with Gasteiger partial charge in [0.05, 0.1) is 0 Å². The van der Waals surface area contributed by atoms with Gasteiger partial charge in [-0.05, 0) is 43.8 Å². The standard InChI is InChI=1S/C15H15BrClNO/c1-10-6-7-11(16)8-15(10)19-14-5-3-4-13(17)12(14)9-18-2/h3-8,18H,9H2,1-2H3. The molecular weight excluding hydrogens is 326 g/mol. The van der Waals surface area contributed by atoms with Crippen LogP contribution in [0.1, 0.15) is 11.1 Å². The summed E-state index contributed by atoms with van der Waals surface area (Å²) < 4.78 is 6.99. The van der Waals surface area contributed by atoms with Crippen molar-refractivity contribution in [2.75, 3.05) is 7.05 Å². The fourth-order valence-electron chi connectivity index (χ4n) is 1.79. The summed E-state index contributed by atoms with van der Waals surface area (Å²) in [6.45, 7) is 2.69. The second kappa shape index (κ2) is 6.42. The number of hydrogen-bond acceptors (Lipinski definition) is 2. The highest BCUT2D eigenvalue weighted by Gasteiger charge is 2.10. The Labute approximate surface area is 126 Å². The largest absolute Gasteiger partial charge is 0.457 e. The number of hydrogen-bond donors (Lipinski definition) is 1. The molecule has 2 aromatic carbocycles. The maximum absolute atomic E-state index is 6.22. The Morgan fingerprint density at radius 1 is 1.21 bits per heavy atom. The van der Waals surface area contributed by atoms with Crippen molar-refractivity contribution in [1.82, 2.24) is 5.32 Å². The molecule has 2 rings (SSSR count). The molecule has 0 saturated heterocycles. The lowest BCUT2D eigenvalue weighted by Gasteiger charge is -2.14. The van der Waals surface area contributed by atoms with Crippen molar-refractivity contribution in [3.8, 4) is 11.5 Å². The van der Waals surface area contributed by atoms with Gasteiger partial charge in [0.1, 0.15) is 11.5 Å². The van der Waals surface area contributed by atoms with E-state index in [2.05, 4.69) is 21.2 Å². The van der Waals surface area contributed by atoms with Gasteiger partial charge in [0.15, 0.2) is 0 Å². The molecule has 4 heteroatoms. The van der Waals surface area contributed by atoms with Gasteiger partial charge in [-0.1, -0.05) is 39.7 Å². The molecule has 2 aromatic rings. The molecule has 0 aliphatic heterocycles. The van der Waals surface area contributed by atoms with Crippen LogP contribution in [-0.4, -0.2) is 7.05 Å². The van der Waals surface area contributed by atoms with Crippen molar-refractivity contribution in [3.05, 3.63) is 57.0 Å². The molecule has 0 aliphatic rings. The Morgan fingerprint density at radius 3 is 2.74 bits per heavy atom. The fourth-order valence-corrected chi connectivity index (χ4v) is 2.36. The monoisotopic (exact) mass is 339 g/mol. The van der Waals surface area contributed by atoms with E-state index in [1.807, 2.05) is 50.4 Å². The van der Waals surface area contributed by atoms with E-state index in [1.54, 1.807) is 0 Å². The molecule has 0 heterocycles. The molecule has 0 radical (unpaired) electrons. The van der Waals surface area contributed by atoms with Gasteiger partial charge in [0.25, 0.3) is 0 Å². The van der Waals surface area contributed by atoms with Crippen LogP contribution in [0.2, 0.25) is 5.02 Å². The van der Waals surface area contributed by atoms with Crippen molar-refractivity contribution >= 4 is 27.5 Å². The van der Waals surface area contributed by atoms with E-state index >= 15 is 0 Å². The number of halogens is 2. The first kappa shape index (κ1) is 14.4. The molecule has 1 N–H and O–H groups in total. The zero-order valence-electron chi connectivity index (χ0n) is 10.8. The Hall–Kier alpha value is -1.03. The average molecular weight is 341 g/mol. The van der Waals surface area contributed by atoms with Gasteiger partial charge in [0, 0.05) is 21.6 Å². The summed E-state index contributed by atoms with van der Waals surface area (Å²) >= 11 is 9.67. The van der Waals surface area contributed by atoms with Crippen molar-refractivity contribution < 1.29 is 4.74 Å². The molecule has 100 valence electrons. The summed E-state index contributed by atoms with van der Waals surface area (Å²) in [5.74, 6) is 1.61. The summed E-state index contributed by atoms with van der Waals surface area (Å²) in [5, 5.41) is 3.81. The Bertz CT molecular complexity index is 586. The molecule has 0 spiro atoms.